The van der Waals surface area contributed by atoms with Gasteiger partial charge in [-0.1, -0.05) is 12.8 Å². The number of amides is 3. The van der Waals surface area contributed by atoms with Gasteiger partial charge in [-0.2, -0.15) is 0 Å². The molecule has 0 aromatic carbocycles. The summed E-state index contributed by atoms with van der Waals surface area (Å²) in [5, 5.41) is 5.08. The molecule has 1 aliphatic carbocycles. The van der Waals surface area contributed by atoms with Crippen LogP contribution in [-0.4, -0.2) is 38.7 Å². The fourth-order valence-corrected chi connectivity index (χ4v) is 2.32. The van der Waals surface area contributed by atoms with Gasteiger partial charge in [-0.15, -0.1) is 0 Å². The first-order valence-corrected chi connectivity index (χ1v) is 5.87. The monoisotopic (exact) mass is 243 g/mol. The van der Waals surface area contributed by atoms with E-state index in [-0.39, 0.29) is 17.9 Å². The van der Waals surface area contributed by atoms with Crippen LogP contribution in [0.1, 0.15) is 25.7 Å². The second-order valence-electron chi connectivity index (χ2n) is 4.63. The number of nitrogens with one attached hydrogen (secondary N) is 2. The maximum absolute atomic E-state index is 11.4. The van der Waals surface area contributed by atoms with Gasteiger partial charge in [0, 0.05) is 19.1 Å². The van der Waals surface area contributed by atoms with E-state index >= 15 is 0 Å². The van der Waals surface area contributed by atoms with E-state index in [4.69, 9.17) is 10.5 Å². The lowest BCUT2D eigenvalue weighted by molar-refractivity contribution is -0.120. The molecule has 0 aromatic rings. The Morgan fingerprint density at radius 2 is 1.94 bits per heavy atom. The van der Waals surface area contributed by atoms with Crippen LogP contribution >= 0.6 is 0 Å². The van der Waals surface area contributed by atoms with Crippen LogP contribution in [0.5, 0.6) is 0 Å². The quantitative estimate of drug-likeness (QED) is 0.612. The van der Waals surface area contributed by atoms with Gasteiger partial charge in [0.2, 0.25) is 5.91 Å². The van der Waals surface area contributed by atoms with E-state index in [1.807, 2.05) is 0 Å². The average molecular weight is 243 g/mol. The summed E-state index contributed by atoms with van der Waals surface area (Å²) in [7, 11) is 1.68. The zero-order valence-corrected chi connectivity index (χ0v) is 10.3. The van der Waals surface area contributed by atoms with Crippen LogP contribution in [0.25, 0.3) is 0 Å². The first kappa shape index (κ1) is 13.8. The predicted molar refractivity (Wildman–Crippen MR) is 63.4 cm³/mol. The third-order valence-electron chi connectivity index (χ3n) is 3.20. The van der Waals surface area contributed by atoms with Gasteiger partial charge in [-0.3, -0.25) is 4.79 Å². The summed E-state index contributed by atoms with van der Waals surface area (Å²) >= 11 is 0. The standard InChI is InChI=1S/C11H21N3O3/c1-17-8-11(4-2-3-5-11)7-14-9(15)6-13-10(12)16/h2-8H2,1H3,(H,14,15)(H3,12,13,16). The highest BCUT2D eigenvalue weighted by Crippen LogP contribution is 2.37. The lowest BCUT2D eigenvalue weighted by Crippen LogP contribution is -2.44. The molecule has 3 amide bonds. The smallest absolute Gasteiger partial charge is 0.312 e. The van der Waals surface area contributed by atoms with Crippen LogP contribution in [-0.2, 0) is 9.53 Å². The molecular formula is C11H21N3O3. The summed E-state index contributed by atoms with van der Waals surface area (Å²) in [6, 6.07) is -0.687. The molecule has 0 bridgehead atoms. The van der Waals surface area contributed by atoms with Crippen molar-refractivity contribution in [2.45, 2.75) is 25.7 Å². The first-order valence-electron chi connectivity index (χ1n) is 5.87. The number of ether oxygens (including phenoxy) is 1. The van der Waals surface area contributed by atoms with Gasteiger partial charge in [-0.25, -0.2) is 4.79 Å². The minimum atomic E-state index is -0.687. The van der Waals surface area contributed by atoms with Crippen LogP contribution in [0.2, 0.25) is 0 Å². The van der Waals surface area contributed by atoms with Crippen molar-refractivity contribution in [2.75, 3.05) is 26.8 Å². The molecule has 1 saturated carbocycles. The van der Waals surface area contributed by atoms with Crippen LogP contribution in [0.3, 0.4) is 0 Å². The lowest BCUT2D eigenvalue weighted by Gasteiger charge is -2.28. The van der Waals surface area contributed by atoms with Crippen LogP contribution < -0.4 is 16.4 Å². The summed E-state index contributed by atoms with van der Waals surface area (Å²) in [5.41, 5.74) is 4.95. The van der Waals surface area contributed by atoms with Crippen LogP contribution in [0, 0.1) is 5.41 Å². The number of carbonyl (C=O) groups is 2. The highest BCUT2D eigenvalue weighted by molar-refractivity contribution is 5.83. The second kappa shape index (κ2) is 6.44. The highest BCUT2D eigenvalue weighted by atomic mass is 16.5. The zero-order chi connectivity index (χ0) is 12.7. The Hall–Kier alpha value is -1.30. The Bertz CT molecular complexity index is 275. The van der Waals surface area contributed by atoms with Gasteiger partial charge >= 0.3 is 6.03 Å². The molecule has 0 saturated heterocycles. The van der Waals surface area contributed by atoms with Gasteiger partial charge in [0.05, 0.1) is 13.2 Å². The molecule has 0 radical (unpaired) electrons. The molecule has 6 heteroatoms. The third-order valence-corrected chi connectivity index (χ3v) is 3.20. The van der Waals surface area contributed by atoms with Gasteiger partial charge in [0.15, 0.2) is 0 Å². The fourth-order valence-electron chi connectivity index (χ4n) is 2.32. The fraction of sp³-hybridized carbons (Fsp3) is 0.818. The number of urea groups is 1. The highest BCUT2D eigenvalue weighted by Gasteiger charge is 2.34. The third kappa shape index (κ3) is 4.60. The number of carbonyl (C=O) groups excluding carboxylic acids is 2. The van der Waals surface area contributed by atoms with Crippen molar-refractivity contribution in [3.63, 3.8) is 0 Å². The van der Waals surface area contributed by atoms with Gasteiger partial charge in [0.1, 0.15) is 0 Å². The molecule has 1 rings (SSSR count). The van der Waals surface area contributed by atoms with Crippen molar-refractivity contribution in [1.82, 2.24) is 10.6 Å². The van der Waals surface area contributed by atoms with E-state index in [1.54, 1.807) is 7.11 Å². The van der Waals surface area contributed by atoms with E-state index in [2.05, 4.69) is 10.6 Å². The topological polar surface area (TPSA) is 93.4 Å². The van der Waals surface area contributed by atoms with E-state index in [0.29, 0.717) is 13.2 Å². The van der Waals surface area contributed by atoms with Gasteiger partial charge < -0.3 is 21.1 Å². The summed E-state index contributed by atoms with van der Waals surface area (Å²) in [6.45, 7) is 1.19. The normalized spacial score (nSPS) is 17.7. The Balaban J connectivity index is 2.31. The van der Waals surface area contributed by atoms with Crippen molar-refractivity contribution in [1.29, 1.82) is 0 Å². The largest absolute Gasteiger partial charge is 0.384 e. The zero-order valence-electron chi connectivity index (χ0n) is 10.3. The molecule has 0 atom stereocenters. The summed E-state index contributed by atoms with van der Waals surface area (Å²) in [6.07, 6.45) is 4.51. The van der Waals surface area contributed by atoms with Crippen molar-refractivity contribution in [3.05, 3.63) is 0 Å². The lowest BCUT2D eigenvalue weighted by atomic mass is 9.87. The summed E-state index contributed by atoms with van der Waals surface area (Å²) in [5.74, 6) is -0.217. The summed E-state index contributed by atoms with van der Waals surface area (Å²) < 4.78 is 5.22. The van der Waals surface area contributed by atoms with Gasteiger partial charge in [0.25, 0.3) is 0 Å². The maximum atomic E-state index is 11.4. The number of rotatable bonds is 6. The van der Waals surface area contributed by atoms with Gasteiger partial charge in [-0.05, 0) is 12.8 Å². The molecule has 1 fully saturated rings. The van der Waals surface area contributed by atoms with Crippen molar-refractivity contribution >= 4 is 11.9 Å². The Morgan fingerprint density at radius 1 is 1.29 bits per heavy atom. The van der Waals surface area contributed by atoms with E-state index in [0.717, 1.165) is 12.8 Å². The molecule has 0 heterocycles. The Kier molecular flexibility index (Phi) is 5.21. The summed E-state index contributed by atoms with van der Waals surface area (Å²) in [4.78, 5) is 21.9. The minimum absolute atomic E-state index is 0.0666. The first-order chi connectivity index (χ1) is 8.08. The van der Waals surface area contributed by atoms with E-state index < -0.39 is 6.03 Å². The number of hydrogen-bond acceptors (Lipinski definition) is 3. The number of primary amides is 1. The molecule has 0 aromatic heterocycles. The molecule has 0 spiro atoms. The Labute approximate surface area is 101 Å². The maximum Gasteiger partial charge on any atom is 0.312 e. The number of methoxy groups -OCH3 is 1. The molecule has 98 valence electrons. The molecule has 17 heavy (non-hydrogen) atoms. The predicted octanol–water partition coefficient (Wildman–Crippen LogP) is -0.0223. The molecule has 4 N–H and O–H groups in total. The second-order valence-corrected chi connectivity index (χ2v) is 4.63. The van der Waals surface area contributed by atoms with Crippen molar-refractivity contribution in [3.8, 4) is 0 Å². The van der Waals surface area contributed by atoms with Crippen molar-refractivity contribution < 1.29 is 14.3 Å². The SMILES string of the molecule is COCC1(CNC(=O)CNC(N)=O)CCCC1. The van der Waals surface area contributed by atoms with E-state index in [9.17, 15) is 9.59 Å². The van der Waals surface area contributed by atoms with E-state index in [1.165, 1.54) is 12.8 Å². The number of hydrogen-bond donors (Lipinski definition) is 3. The molecule has 6 nitrogen and oxygen atoms in total. The molecule has 0 unspecified atom stereocenters. The molecular weight excluding hydrogens is 222 g/mol. The van der Waals surface area contributed by atoms with Crippen molar-refractivity contribution in [2.24, 2.45) is 11.1 Å². The Morgan fingerprint density at radius 3 is 2.47 bits per heavy atom. The number of nitrogens with two attached hydrogens (primary N) is 1. The van der Waals surface area contributed by atoms with Crippen LogP contribution in [0.4, 0.5) is 4.79 Å². The minimum Gasteiger partial charge on any atom is -0.384 e. The molecule has 0 aliphatic heterocycles. The van der Waals surface area contributed by atoms with Crippen LogP contribution in [0.15, 0.2) is 0 Å². The molecule has 1 aliphatic rings. The average Bonchev–Trinajstić information content (AvgIpc) is 2.73.